The minimum Gasteiger partial charge on any atom is -0.489 e. The molecule has 0 saturated heterocycles. The van der Waals surface area contributed by atoms with Crippen molar-refractivity contribution in [2.75, 3.05) is 34.0 Å². The van der Waals surface area contributed by atoms with Gasteiger partial charge in [-0.1, -0.05) is 12.1 Å². The van der Waals surface area contributed by atoms with Crippen LogP contribution in [-0.2, 0) is 16.0 Å². The average molecular weight is 346 g/mol. The summed E-state index contributed by atoms with van der Waals surface area (Å²) in [4.78, 5) is 0. The maximum absolute atomic E-state index is 6.04. The van der Waals surface area contributed by atoms with Crippen molar-refractivity contribution < 1.29 is 14.2 Å². The van der Waals surface area contributed by atoms with Gasteiger partial charge in [-0.25, -0.2) is 0 Å². The number of ether oxygens (including phenoxy) is 3. The van der Waals surface area contributed by atoms with Gasteiger partial charge in [0.15, 0.2) is 0 Å². The molecule has 0 heterocycles. The number of para-hydroxylation sites is 1. The molecule has 1 aromatic rings. The van der Waals surface area contributed by atoms with Gasteiger partial charge in [0, 0.05) is 45.9 Å². The molecule has 0 spiro atoms. The molecule has 0 aliphatic heterocycles. The van der Waals surface area contributed by atoms with Gasteiger partial charge in [-0.15, -0.1) is 0 Å². The molecule has 0 fully saturated rings. The lowest BCUT2D eigenvalue weighted by molar-refractivity contribution is 0.134. The molecule has 0 saturated carbocycles. The third kappa shape index (κ3) is 6.22. The van der Waals surface area contributed by atoms with Crippen molar-refractivity contribution in [3.8, 4) is 5.75 Å². The van der Waals surface area contributed by atoms with E-state index in [2.05, 4.69) is 34.2 Å². The molecule has 1 unspecified atom stereocenters. The Morgan fingerprint density at radius 1 is 1.20 bits per heavy atom. The van der Waals surface area contributed by atoms with Crippen molar-refractivity contribution in [1.29, 1.82) is 0 Å². The van der Waals surface area contributed by atoms with Crippen molar-refractivity contribution >= 4 is 15.9 Å². The molecule has 0 aliphatic carbocycles. The lowest BCUT2D eigenvalue weighted by atomic mass is 10.2. The van der Waals surface area contributed by atoms with E-state index in [0.717, 1.165) is 35.3 Å². The van der Waals surface area contributed by atoms with Crippen LogP contribution < -0.4 is 10.1 Å². The van der Waals surface area contributed by atoms with Crippen LogP contribution in [0.5, 0.6) is 5.75 Å². The maximum Gasteiger partial charge on any atom is 0.138 e. The minimum absolute atomic E-state index is 0.117. The standard InChI is InChI=1S/C15H24BrNO3/c1-12(7-9-18-2)20-15-13(5-4-6-14(15)16)11-17-8-10-19-3/h4-6,12,17H,7-11H2,1-3H3. The summed E-state index contributed by atoms with van der Waals surface area (Å²) in [7, 11) is 3.41. The summed E-state index contributed by atoms with van der Waals surface area (Å²) >= 11 is 3.56. The fourth-order valence-corrected chi connectivity index (χ4v) is 2.27. The fraction of sp³-hybridized carbons (Fsp3) is 0.600. The zero-order chi connectivity index (χ0) is 14.8. The molecule has 0 radical (unpaired) electrons. The van der Waals surface area contributed by atoms with E-state index in [9.17, 15) is 0 Å². The third-order valence-corrected chi connectivity index (χ3v) is 3.52. The van der Waals surface area contributed by atoms with Crippen molar-refractivity contribution in [1.82, 2.24) is 5.32 Å². The SMILES string of the molecule is COCCNCc1cccc(Br)c1OC(C)CCOC. The monoisotopic (exact) mass is 345 g/mol. The van der Waals surface area contributed by atoms with Gasteiger partial charge >= 0.3 is 0 Å². The molecular formula is C15H24BrNO3. The van der Waals surface area contributed by atoms with E-state index in [-0.39, 0.29) is 6.10 Å². The molecule has 1 rings (SSSR count). The number of halogens is 1. The number of nitrogens with one attached hydrogen (secondary N) is 1. The van der Waals surface area contributed by atoms with E-state index in [1.165, 1.54) is 0 Å². The Morgan fingerprint density at radius 2 is 1.95 bits per heavy atom. The van der Waals surface area contributed by atoms with Crippen molar-refractivity contribution in [3.63, 3.8) is 0 Å². The molecule has 1 atom stereocenters. The molecule has 0 aliphatic rings. The van der Waals surface area contributed by atoms with Gasteiger partial charge in [0.1, 0.15) is 5.75 Å². The van der Waals surface area contributed by atoms with Crippen LogP contribution in [0.3, 0.4) is 0 Å². The summed E-state index contributed by atoms with van der Waals surface area (Å²) in [5, 5.41) is 3.34. The largest absolute Gasteiger partial charge is 0.489 e. The molecule has 0 bridgehead atoms. The Kier molecular flexibility index (Phi) is 8.85. The summed E-state index contributed by atoms with van der Waals surface area (Å²) in [5.41, 5.74) is 1.14. The highest BCUT2D eigenvalue weighted by molar-refractivity contribution is 9.10. The summed E-state index contributed by atoms with van der Waals surface area (Å²) in [5.74, 6) is 0.904. The summed E-state index contributed by atoms with van der Waals surface area (Å²) < 4.78 is 17.1. The molecule has 1 aromatic carbocycles. The van der Waals surface area contributed by atoms with Crippen LogP contribution in [0.2, 0.25) is 0 Å². The van der Waals surface area contributed by atoms with E-state index in [0.29, 0.717) is 13.2 Å². The Bertz CT molecular complexity index is 387. The molecule has 20 heavy (non-hydrogen) atoms. The van der Waals surface area contributed by atoms with Crippen LogP contribution in [0.15, 0.2) is 22.7 Å². The fourth-order valence-electron chi connectivity index (χ4n) is 1.77. The van der Waals surface area contributed by atoms with Gasteiger partial charge in [-0.05, 0) is 28.9 Å². The first-order chi connectivity index (χ1) is 9.69. The number of methoxy groups -OCH3 is 2. The van der Waals surface area contributed by atoms with Crippen LogP contribution >= 0.6 is 15.9 Å². The Morgan fingerprint density at radius 3 is 2.65 bits per heavy atom. The zero-order valence-corrected chi connectivity index (χ0v) is 14.0. The second-order valence-electron chi connectivity index (χ2n) is 4.61. The average Bonchev–Trinajstić information content (AvgIpc) is 2.44. The van der Waals surface area contributed by atoms with Gasteiger partial charge in [0.25, 0.3) is 0 Å². The molecule has 0 aromatic heterocycles. The van der Waals surface area contributed by atoms with E-state index in [4.69, 9.17) is 14.2 Å². The highest BCUT2D eigenvalue weighted by Crippen LogP contribution is 2.30. The molecular weight excluding hydrogens is 322 g/mol. The number of hydrogen-bond acceptors (Lipinski definition) is 4. The van der Waals surface area contributed by atoms with Gasteiger partial charge in [-0.2, -0.15) is 0 Å². The van der Waals surface area contributed by atoms with Crippen LogP contribution in [0.4, 0.5) is 0 Å². The molecule has 0 amide bonds. The van der Waals surface area contributed by atoms with Gasteiger partial charge < -0.3 is 19.5 Å². The topological polar surface area (TPSA) is 39.7 Å². The Hall–Kier alpha value is -0.620. The van der Waals surface area contributed by atoms with Crippen LogP contribution in [-0.4, -0.2) is 40.1 Å². The first-order valence-electron chi connectivity index (χ1n) is 6.81. The summed E-state index contributed by atoms with van der Waals surface area (Å²) in [6, 6.07) is 6.09. The van der Waals surface area contributed by atoms with Gasteiger partial charge in [0.2, 0.25) is 0 Å². The highest BCUT2D eigenvalue weighted by atomic mass is 79.9. The van der Waals surface area contributed by atoms with Crippen LogP contribution in [0.1, 0.15) is 18.9 Å². The molecule has 5 heteroatoms. The second kappa shape index (κ2) is 10.2. The van der Waals surface area contributed by atoms with Gasteiger partial charge in [-0.3, -0.25) is 0 Å². The molecule has 1 N–H and O–H groups in total. The van der Waals surface area contributed by atoms with Crippen molar-refractivity contribution in [2.45, 2.75) is 26.0 Å². The number of hydrogen-bond donors (Lipinski definition) is 1. The van der Waals surface area contributed by atoms with Crippen LogP contribution in [0, 0.1) is 0 Å². The zero-order valence-electron chi connectivity index (χ0n) is 12.4. The molecule has 4 nitrogen and oxygen atoms in total. The van der Waals surface area contributed by atoms with Gasteiger partial charge in [0.05, 0.1) is 17.2 Å². The highest BCUT2D eigenvalue weighted by Gasteiger charge is 2.11. The first kappa shape index (κ1) is 17.4. The van der Waals surface area contributed by atoms with Crippen molar-refractivity contribution in [2.24, 2.45) is 0 Å². The predicted octanol–water partition coefficient (Wildman–Crippen LogP) is 2.99. The minimum atomic E-state index is 0.117. The molecule has 114 valence electrons. The Labute approximate surface area is 129 Å². The summed E-state index contributed by atoms with van der Waals surface area (Å²) in [6.45, 7) is 5.04. The predicted molar refractivity (Wildman–Crippen MR) is 84.3 cm³/mol. The Balaban J connectivity index is 2.62. The van der Waals surface area contributed by atoms with E-state index in [1.54, 1.807) is 14.2 Å². The third-order valence-electron chi connectivity index (χ3n) is 2.89. The quantitative estimate of drug-likeness (QED) is 0.661. The second-order valence-corrected chi connectivity index (χ2v) is 5.46. The number of rotatable bonds is 10. The van der Waals surface area contributed by atoms with E-state index in [1.807, 2.05) is 12.1 Å². The van der Waals surface area contributed by atoms with E-state index < -0.39 is 0 Å². The van der Waals surface area contributed by atoms with E-state index >= 15 is 0 Å². The van der Waals surface area contributed by atoms with Crippen LogP contribution in [0.25, 0.3) is 0 Å². The normalized spacial score (nSPS) is 12.4. The first-order valence-corrected chi connectivity index (χ1v) is 7.61. The lowest BCUT2D eigenvalue weighted by Gasteiger charge is -2.19. The lowest BCUT2D eigenvalue weighted by Crippen LogP contribution is -2.20. The summed E-state index contributed by atoms with van der Waals surface area (Å²) in [6.07, 6.45) is 0.986. The number of benzene rings is 1. The maximum atomic E-state index is 6.04. The smallest absolute Gasteiger partial charge is 0.138 e. The van der Waals surface area contributed by atoms with Crippen molar-refractivity contribution in [3.05, 3.63) is 28.2 Å².